The normalized spacial score (nSPS) is 11.7. The molecule has 1 unspecified atom stereocenters. The van der Waals surface area contributed by atoms with Crippen LogP contribution >= 0.6 is 0 Å². The predicted octanol–water partition coefficient (Wildman–Crippen LogP) is -0.391. The number of hydrogen-bond acceptors (Lipinski definition) is 5. The first-order chi connectivity index (χ1) is 8.69. The number of nitrogens with one attached hydrogen (secondary N) is 1. The molecule has 0 fully saturated rings. The van der Waals surface area contributed by atoms with Crippen molar-refractivity contribution in [1.82, 2.24) is 15.4 Å². The summed E-state index contributed by atoms with van der Waals surface area (Å²) in [5.74, 6) is -0.233. The molecule has 1 atom stereocenters. The fourth-order valence-electron chi connectivity index (χ4n) is 1.50. The van der Waals surface area contributed by atoms with Crippen molar-refractivity contribution in [2.75, 3.05) is 20.6 Å². The summed E-state index contributed by atoms with van der Waals surface area (Å²) in [6.07, 6.45) is 3.93. The Kier molecular flexibility index (Phi) is 6.17. The van der Waals surface area contributed by atoms with Crippen LogP contribution in [0, 0.1) is 0 Å². The van der Waals surface area contributed by atoms with Crippen molar-refractivity contribution in [3.8, 4) is 0 Å². The van der Waals surface area contributed by atoms with Crippen molar-refractivity contribution in [2.24, 2.45) is 0 Å². The molecule has 0 aliphatic carbocycles. The Bertz CT molecular complexity index is 388. The number of carbonyl (C=O) groups is 1. The summed E-state index contributed by atoms with van der Waals surface area (Å²) in [7, 11) is 3.66. The molecule has 0 spiro atoms. The van der Waals surface area contributed by atoms with E-state index in [4.69, 9.17) is 4.84 Å². The maximum atomic E-state index is 12.0. The van der Waals surface area contributed by atoms with Crippen molar-refractivity contribution < 1.29 is 14.3 Å². The second-order valence-electron chi connectivity index (χ2n) is 3.71. The van der Waals surface area contributed by atoms with E-state index in [-0.39, 0.29) is 12.4 Å². The van der Waals surface area contributed by atoms with Gasteiger partial charge in [-0.15, -0.1) is 0 Å². The number of aromatic nitrogens is 1. The molecule has 6 nitrogen and oxygen atoms in total. The zero-order chi connectivity index (χ0) is 13.4. The van der Waals surface area contributed by atoms with Gasteiger partial charge in [-0.2, -0.15) is 0 Å². The summed E-state index contributed by atoms with van der Waals surface area (Å²) in [5.41, 5.74) is 0.916. The van der Waals surface area contributed by atoms with Gasteiger partial charge in [-0.3, -0.25) is 0 Å². The average molecular weight is 249 g/mol. The third-order valence-electron chi connectivity index (χ3n) is 2.49. The van der Waals surface area contributed by atoms with Gasteiger partial charge in [0, 0.05) is 0 Å². The third-order valence-corrected chi connectivity index (χ3v) is 2.49. The van der Waals surface area contributed by atoms with E-state index in [1.807, 2.05) is 6.07 Å². The van der Waals surface area contributed by atoms with Gasteiger partial charge in [-0.1, -0.05) is 0 Å². The molecule has 7 heteroatoms. The molecule has 0 bridgehead atoms. The van der Waals surface area contributed by atoms with E-state index in [1.165, 1.54) is 14.2 Å². The van der Waals surface area contributed by atoms with Gasteiger partial charge < -0.3 is 0 Å². The van der Waals surface area contributed by atoms with Gasteiger partial charge in [0.1, 0.15) is 0 Å². The Hall–Kier alpha value is -1.60. The minimum absolute atomic E-state index is 0.119. The molecule has 1 aromatic heterocycles. The van der Waals surface area contributed by atoms with Crippen LogP contribution in [0.2, 0.25) is 0 Å². The van der Waals surface area contributed by atoms with Crippen LogP contribution in [0.15, 0.2) is 24.5 Å². The topological polar surface area (TPSA) is 71.5 Å². The first-order valence-electron chi connectivity index (χ1n) is 5.56. The molecule has 96 valence electrons. The van der Waals surface area contributed by atoms with Crippen molar-refractivity contribution >= 4 is 13.1 Å². The second kappa shape index (κ2) is 7.68. The molecule has 1 aromatic rings. The van der Waals surface area contributed by atoms with Crippen molar-refractivity contribution in [2.45, 2.75) is 12.5 Å². The van der Waals surface area contributed by atoms with Crippen molar-refractivity contribution in [3.63, 3.8) is 0 Å². The minimum atomic E-state index is -0.510. The van der Waals surface area contributed by atoms with E-state index in [1.54, 1.807) is 18.5 Å². The van der Waals surface area contributed by atoms with Crippen LogP contribution < -0.4 is 5.32 Å². The molecule has 0 aliphatic rings. The first kappa shape index (κ1) is 14.5. The third kappa shape index (κ3) is 4.35. The van der Waals surface area contributed by atoms with E-state index in [0.29, 0.717) is 6.42 Å². The predicted molar refractivity (Wildman–Crippen MR) is 66.0 cm³/mol. The van der Waals surface area contributed by atoms with E-state index in [9.17, 15) is 9.50 Å². The van der Waals surface area contributed by atoms with Gasteiger partial charge in [-0.05, 0) is 0 Å². The van der Waals surface area contributed by atoms with Gasteiger partial charge >= 0.3 is 106 Å². The standard InChI is InChI=1S/C11H16BN3O3/c1-15(18-2)11(16)10(14-8-12-17)6-9-4-3-5-13-7-9/h3-5,7,10,14H,6,8H2,1-2H3. The van der Waals surface area contributed by atoms with Gasteiger partial charge in [-0.25, -0.2) is 0 Å². The zero-order valence-corrected chi connectivity index (χ0v) is 10.5. The maximum absolute atomic E-state index is 12.0. The molecule has 0 aliphatic heterocycles. The summed E-state index contributed by atoms with van der Waals surface area (Å²) in [5, 5.41) is 4.00. The Balaban J connectivity index is 2.72. The van der Waals surface area contributed by atoms with Gasteiger partial charge in [0.25, 0.3) is 0 Å². The van der Waals surface area contributed by atoms with Crippen LogP contribution in [0.25, 0.3) is 0 Å². The molecule has 0 saturated heterocycles. The number of hydrogen-bond donors (Lipinski definition) is 1. The van der Waals surface area contributed by atoms with Crippen LogP contribution in [-0.2, 0) is 20.8 Å². The second-order valence-corrected chi connectivity index (χ2v) is 3.71. The van der Waals surface area contributed by atoms with E-state index in [2.05, 4.69) is 10.3 Å². The molecule has 0 radical (unpaired) electrons. The van der Waals surface area contributed by atoms with Crippen LogP contribution in [0.4, 0.5) is 0 Å². The number of hydroxylamine groups is 2. The molecule has 0 aromatic carbocycles. The van der Waals surface area contributed by atoms with Crippen LogP contribution in [0.5, 0.6) is 0 Å². The molecule has 1 rings (SSSR count). The van der Waals surface area contributed by atoms with Gasteiger partial charge in [0.05, 0.1) is 0 Å². The quantitative estimate of drug-likeness (QED) is 0.526. The van der Waals surface area contributed by atoms with E-state index >= 15 is 0 Å². The summed E-state index contributed by atoms with van der Waals surface area (Å²) in [6, 6.07) is 3.17. The van der Waals surface area contributed by atoms with Crippen molar-refractivity contribution in [1.29, 1.82) is 0 Å². The number of amides is 1. The molecule has 0 saturated carbocycles. The Morgan fingerprint density at radius 3 is 3.00 bits per heavy atom. The van der Waals surface area contributed by atoms with Crippen LogP contribution in [-0.4, -0.2) is 49.7 Å². The molecule has 18 heavy (non-hydrogen) atoms. The molecular weight excluding hydrogens is 233 g/mol. The van der Waals surface area contributed by atoms with E-state index in [0.717, 1.165) is 17.8 Å². The summed E-state index contributed by atoms with van der Waals surface area (Å²) >= 11 is 0. The van der Waals surface area contributed by atoms with Crippen LogP contribution in [0.1, 0.15) is 5.56 Å². The SMILES string of the molecule is CON(C)C(=O)C(Cc1cccnc1)NCB=O. The van der Waals surface area contributed by atoms with Crippen molar-refractivity contribution in [3.05, 3.63) is 30.1 Å². The average Bonchev–Trinajstić information content (AvgIpc) is 2.42. The number of carbonyl (C=O) groups excluding carboxylic acids is 1. The summed E-state index contributed by atoms with van der Waals surface area (Å²) in [6.45, 7) is 0. The zero-order valence-electron chi connectivity index (χ0n) is 10.5. The Morgan fingerprint density at radius 1 is 1.67 bits per heavy atom. The van der Waals surface area contributed by atoms with Gasteiger partial charge in [0.2, 0.25) is 0 Å². The monoisotopic (exact) mass is 249 g/mol. The number of nitrogens with zero attached hydrogens (tertiary/aromatic N) is 2. The fraction of sp³-hybridized carbons (Fsp3) is 0.455. The molecule has 1 heterocycles. The molecular formula is C11H16BN3O3. The Labute approximate surface area is 107 Å². The fourth-order valence-corrected chi connectivity index (χ4v) is 1.50. The Morgan fingerprint density at radius 2 is 2.44 bits per heavy atom. The number of pyridine rings is 1. The number of rotatable bonds is 7. The number of likely N-dealkylation sites (N-methyl/N-ethyl adjacent to an activating group) is 1. The first-order valence-corrected chi connectivity index (χ1v) is 5.56. The molecule has 1 N–H and O–H groups in total. The van der Waals surface area contributed by atoms with Gasteiger partial charge in [0.15, 0.2) is 0 Å². The van der Waals surface area contributed by atoms with Crippen LogP contribution in [0.3, 0.4) is 0 Å². The summed E-state index contributed by atoms with van der Waals surface area (Å²) < 4.78 is 10.4. The summed E-state index contributed by atoms with van der Waals surface area (Å²) in [4.78, 5) is 20.8. The van der Waals surface area contributed by atoms with E-state index < -0.39 is 6.04 Å². The molecule has 1 amide bonds.